The summed E-state index contributed by atoms with van der Waals surface area (Å²) in [7, 11) is 1.61. The minimum atomic E-state index is -4.24. The quantitative estimate of drug-likeness (QED) is 0.563. The van der Waals surface area contributed by atoms with Crippen LogP contribution in [0.1, 0.15) is 12.2 Å². The van der Waals surface area contributed by atoms with E-state index in [0.717, 1.165) is 0 Å². The number of alkyl halides is 3. The molecule has 0 aliphatic heterocycles. The van der Waals surface area contributed by atoms with Crippen molar-refractivity contribution in [3.63, 3.8) is 0 Å². The van der Waals surface area contributed by atoms with Crippen LogP contribution in [-0.2, 0) is 13.5 Å². The summed E-state index contributed by atoms with van der Waals surface area (Å²) in [5.41, 5.74) is 2.12. The Balaban J connectivity index is 2.58. The molecule has 0 amide bonds. The van der Waals surface area contributed by atoms with Crippen LogP contribution in [0.3, 0.4) is 0 Å². The normalized spacial score (nSPS) is 14.2. The predicted molar refractivity (Wildman–Crippen MR) is 46.5 cm³/mol. The maximum Gasteiger partial charge on any atom is 0.390 e. The molecule has 1 unspecified atom stereocenters. The van der Waals surface area contributed by atoms with Crippen molar-refractivity contribution >= 4 is 0 Å². The van der Waals surface area contributed by atoms with Crippen molar-refractivity contribution in [1.29, 1.82) is 0 Å². The fourth-order valence-corrected chi connectivity index (χ4v) is 1.19. The van der Waals surface area contributed by atoms with Crippen molar-refractivity contribution in [2.75, 3.05) is 0 Å². The van der Waals surface area contributed by atoms with E-state index in [1.54, 1.807) is 7.05 Å². The fourth-order valence-electron chi connectivity index (χ4n) is 1.19. The van der Waals surface area contributed by atoms with Gasteiger partial charge in [-0.2, -0.15) is 18.3 Å². The van der Waals surface area contributed by atoms with Crippen molar-refractivity contribution in [2.45, 2.75) is 25.1 Å². The van der Waals surface area contributed by atoms with Gasteiger partial charge >= 0.3 is 6.18 Å². The lowest BCUT2D eigenvalue weighted by molar-refractivity contribution is -0.140. The van der Waals surface area contributed by atoms with Gasteiger partial charge in [0.05, 0.1) is 6.42 Å². The summed E-state index contributed by atoms with van der Waals surface area (Å²) in [5, 5.41) is 3.76. The highest BCUT2D eigenvalue weighted by molar-refractivity contribution is 4.89. The summed E-state index contributed by atoms with van der Waals surface area (Å²) in [6.07, 6.45) is -3.85. The smallest absolute Gasteiger partial charge is 0.271 e. The molecule has 1 rings (SSSR count). The molecule has 0 aromatic carbocycles. The first kappa shape index (κ1) is 11.9. The molecular weight excluding hydrogens is 211 g/mol. The monoisotopic (exact) mass is 223 g/mol. The van der Waals surface area contributed by atoms with Gasteiger partial charge < -0.3 is 0 Å². The third kappa shape index (κ3) is 3.84. The summed E-state index contributed by atoms with van der Waals surface area (Å²) in [6, 6.07) is -0.882. The Morgan fingerprint density at radius 3 is 2.67 bits per heavy atom. The number of aryl methyl sites for hydroxylation is 1. The molecule has 15 heavy (non-hydrogen) atoms. The third-order valence-electron chi connectivity index (χ3n) is 1.95. The Labute approximate surface area is 84.4 Å². The van der Waals surface area contributed by atoms with Crippen LogP contribution in [0.15, 0.2) is 6.33 Å². The molecule has 1 aromatic heterocycles. The van der Waals surface area contributed by atoms with Gasteiger partial charge in [0.2, 0.25) is 0 Å². The highest BCUT2D eigenvalue weighted by Crippen LogP contribution is 2.22. The minimum absolute atomic E-state index is 0.0898. The number of nitrogens with one attached hydrogen (secondary N) is 1. The second-order valence-electron chi connectivity index (χ2n) is 3.19. The SMILES string of the molecule is Cn1ncnc1CC(CC(F)(F)F)NN. The Bertz CT molecular complexity index is 308. The largest absolute Gasteiger partial charge is 0.390 e. The number of halogens is 3. The lowest BCUT2D eigenvalue weighted by Gasteiger charge is -2.16. The number of hydrazine groups is 1. The van der Waals surface area contributed by atoms with E-state index in [1.165, 1.54) is 11.0 Å². The zero-order valence-electron chi connectivity index (χ0n) is 8.12. The highest BCUT2D eigenvalue weighted by atomic mass is 19.4. The molecular formula is C7H12F3N5. The van der Waals surface area contributed by atoms with Gasteiger partial charge in [-0.15, -0.1) is 0 Å². The number of rotatable bonds is 4. The van der Waals surface area contributed by atoms with Gasteiger partial charge in [0.15, 0.2) is 0 Å². The third-order valence-corrected chi connectivity index (χ3v) is 1.95. The van der Waals surface area contributed by atoms with E-state index in [0.29, 0.717) is 5.82 Å². The molecule has 1 heterocycles. The van der Waals surface area contributed by atoms with E-state index in [-0.39, 0.29) is 6.42 Å². The molecule has 1 atom stereocenters. The van der Waals surface area contributed by atoms with E-state index in [2.05, 4.69) is 15.5 Å². The lowest BCUT2D eigenvalue weighted by Crippen LogP contribution is -2.40. The number of aromatic nitrogens is 3. The van der Waals surface area contributed by atoms with Gasteiger partial charge in [-0.05, 0) is 0 Å². The molecule has 3 N–H and O–H groups in total. The molecule has 0 saturated heterocycles. The number of hydrogen-bond acceptors (Lipinski definition) is 4. The molecule has 8 heteroatoms. The zero-order valence-corrected chi connectivity index (χ0v) is 8.12. The molecule has 0 radical (unpaired) electrons. The van der Waals surface area contributed by atoms with Crippen molar-refractivity contribution in [3.8, 4) is 0 Å². The van der Waals surface area contributed by atoms with E-state index in [9.17, 15) is 13.2 Å². The number of nitrogens with zero attached hydrogens (tertiary/aromatic N) is 3. The summed E-state index contributed by atoms with van der Waals surface area (Å²) < 4.78 is 37.7. The molecule has 0 aliphatic rings. The van der Waals surface area contributed by atoms with E-state index >= 15 is 0 Å². The topological polar surface area (TPSA) is 68.8 Å². The van der Waals surface area contributed by atoms with Gasteiger partial charge in [-0.3, -0.25) is 16.0 Å². The van der Waals surface area contributed by atoms with Crippen LogP contribution in [0, 0.1) is 0 Å². The van der Waals surface area contributed by atoms with Crippen LogP contribution in [0.5, 0.6) is 0 Å². The first-order valence-corrected chi connectivity index (χ1v) is 4.28. The Hall–Kier alpha value is -1.15. The molecule has 0 saturated carbocycles. The zero-order chi connectivity index (χ0) is 11.5. The van der Waals surface area contributed by atoms with Gasteiger partial charge in [0.25, 0.3) is 0 Å². The molecule has 0 bridgehead atoms. The van der Waals surface area contributed by atoms with Crippen molar-refractivity contribution in [2.24, 2.45) is 12.9 Å². The molecule has 86 valence electrons. The Morgan fingerprint density at radius 2 is 2.27 bits per heavy atom. The molecule has 5 nitrogen and oxygen atoms in total. The standard InChI is InChI=1S/C7H12F3N5/c1-15-6(12-4-13-15)2-5(14-11)3-7(8,9)10/h4-5,14H,2-3,11H2,1H3. The molecule has 0 aliphatic carbocycles. The summed E-state index contributed by atoms with van der Waals surface area (Å²) in [4.78, 5) is 3.82. The summed E-state index contributed by atoms with van der Waals surface area (Å²) >= 11 is 0. The maximum atomic E-state index is 12.1. The Kier molecular flexibility index (Phi) is 3.64. The van der Waals surface area contributed by atoms with Crippen LogP contribution < -0.4 is 11.3 Å². The highest BCUT2D eigenvalue weighted by Gasteiger charge is 2.32. The van der Waals surface area contributed by atoms with Crippen molar-refractivity contribution in [3.05, 3.63) is 12.2 Å². The van der Waals surface area contributed by atoms with Gasteiger partial charge in [0, 0.05) is 19.5 Å². The number of nitrogens with two attached hydrogens (primary N) is 1. The lowest BCUT2D eigenvalue weighted by atomic mass is 10.1. The Morgan fingerprint density at radius 1 is 1.60 bits per heavy atom. The van der Waals surface area contributed by atoms with E-state index in [1.807, 2.05) is 0 Å². The minimum Gasteiger partial charge on any atom is -0.271 e. The van der Waals surface area contributed by atoms with Crippen molar-refractivity contribution in [1.82, 2.24) is 20.2 Å². The first-order valence-electron chi connectivity index (χ1n) is 4.28. The summed E-state index contributed by atoms with van der Waals surface area (Å²) in [5.74, 6) is 5.50. The van der Waals surface area contributed by atoms with E-state index < -0.39 is 18.6 Å². The molecule has 1 aromatic rings. The number of hydrogen-bond donors (Lipinski definition) is 2. The van der Waals surface area contributed by atoms with Crippen LogP contribution in [0.25, 0.3) is 0 Å². The average molecular weight is 223 g/mol. The fraction of sp³-hybridized carbons (Fsp3) is 0.714. The van der Waals surface area contributed by atoms with Gasteiger partial charge in [0.1, 0.15) is 12.2 Å². The first-order chi connectivity index (χ1) is 6.92. The van der Waals surface area contributed by atoms with Crippen LogP contribution in [0.2, 0.25) is 0 Å². The van der Waals surface area contributed by atoms with Crippen molar-refractivity contribution < 1.29 is 13.2 Å². The molecule has 0 fully saturated rings. The van der Waals surface area contributed by atoms with Crippen LogP contribution >= 0.6 is 0 Å². The summed E-state index contributed by atoms with van der Waals surface area (Å²) in [6.45, 7) is 0. The van der Waals surface area contributed by atoms with Gasteiger partial charge in [-0.25, -0.2) is 4.98 Å². The molecule has 0 spiro atoms. The van der Waals surface area contributed by atoms with E-state index in [4.69, 9.17) is 5.84 Å². The van der Waals surface area contributed by atoms with Crippen LogP contribution in [-0.4, -0.2) is 27.0 Å². The predicted octanol–water partition coefficient (Wildman–Crippen LogP) is 0.142. The maximum absolute atomic E-state index is 12.1. The van der Waals surface area contributed by atoms with Gasteiger partial charge in [-0.1, -0.05) is 0 Å². The average Bonchev–Trinajstić information content (AvgIpc) is 2.48. The second-order valence-corrected chi connectivity index (χ2v) is 3.19. The second kappa shape index (κ2) is 4.58. The van der Waals surface area contributed by atoms with Crippen LogP contribution in [0.4, 0.5) is 13.2 Å².